The Labute approximate surface area is 102 Å². The average molecular weight is 239 g/mol. The van der Waals surface area contributed by atoms with E-state index in [1.54, 1.807) is 0 Å². The number of rotatable bonds is 2. The van der Waals surface area contributed by atoms with Gasteiger partial charge in [0.05, 0.1) is 0 Å². The maximum Gasteiger partial charge on any atom is 0.224 e. The second kappa shape index (κ2) is 4.29. The second-order valence-electron chi connectivity index (χ2n) is 5.78. The summed E-state index contributed by atoms with van der Waals surface area (Å²) in [5.41, 5.74) is 5.40. The predicted octanol–water partition coefficient (Wildman–Crippen LogP) is -0.0530. The highest BCUT2D eigenvalue weighted by molar-refractivity contribution is 5.81. The van der Waals surface area contributed by atoms with Crippen LogP contribution in [0.4, 0.5) is 0 Å². The minimum Gasteiger partial charge on any atom is -0.339 e. The third kappa shape index (κ3) is 2.77. The van der Waals surface area contributed by atoms with Crippen molar-refractivity contribution in [2.75, 3.05) is 19.6 Å². The number of hydrogen-bond donors (Lipinski definition) is 1. The number of amides is 2. The number of carbonyl (C=O) groups is 2. The Morgan fingerprint density at radius 2 is 2.18 bits per heavy atom. The van der Waals surface area contributed by atoms with E-state index in [1.807, 2.05) is 23.6 Å². The van der Waals surface area contributed by atoms with Crippen LogP contribution in [-0.4, -0.2) is 52.8 Å². The lowest BCUT2D eigenvalue weighted by Crippen LogP contribution is -2.54. The molecular formula is C12H21N3O2. The number of carbonyl (C=O) groups excluding carboxylic acids is 2. The molecule has 1 unspecified atom stereocenters. The van der Waals surface area contributed by atoms with Crippen molar-refractivity contribution in [1.82, 2.24) is 9.80 Å². The molecule has 2 aliphatic heterocycles. The van der Waals surface area contributed by atoms with E-state index >= 15 is 0 Å². The number of nitrogens with zero attached hydrogens (tertiary/aromatic N) is 2. The molecule has 2 heterocycles. The maximum atomic E-state index is 12.0. The van der Waals surface area contributed by atoms with E-state index in [4.69, 9.17) is 5.73 Å². The van der Waals surface area contributed by atoms with Crippen LogP contribution in [0.5, 0.6) is 0 Å². The van der Waals surface area contributed by atoms with Crippen molar-refractivity contribution in [3.05, 3.63) is 0 Å². The molecule has 0 saturated carbocycles. The van der Waals surface area contributed by atoms with Crippen molar-refractivity contribution < 1.29 is 9.59 Å². The molecule has 0 spiro atoms. The highest BCUT2D eigenvalue weighted by Crippen LogP contribution is 2.23. The summed E-state index contributed by atoms with van der Waals surface area (Å²) in [5.74, 6) is 0.345. The van der Waals surface area contributed by atoms with Gasteiger partial charge >= 0.3 is 0 Å². The zero-order valence-corrected chi connectivity index (χ0v) is 10.6. The van der Waals surface area contributed by atoms with Crippen LogP contribution in [0.3, 0.4) is 0 Å². The predicted molar refractivity (Wildman–Crippen MR) is 64.2 cm³/mol. The van der Waals surface area contributed by atoms with Gasteiger partial charge in [-0.05, 0) is 20.3 Å². The summed E-state index contributed by atoms with van der Waals surface area (Å²) in [4.78, 5) is 27.3. The second-order valence-corrected chi connectivity index (χ2v) is 5.78. The normalized spacial score (nSPS) is 25.1. The number of fused-ring (bicyclic) bond motifs is 1. The Balaban J connectivity index is 1.93. The van der Waals surface area contributed by atoms with Gasteiger partial charge in [-0.25, -0.2) is 0 Å². The standard InChI is InChI=1S/C12H21N3O2/c1-12(2,13)7-11(17)14-5-6-15-9(8-14)3-4-10(15)16/h9H,3-8,13H2,1-2H3. The van der Waals surface area contributed by atoms with Gasteiger partial charge < -0.3 is 15.5 Å². The van der Waals surface area contributed by atoms with Gasteiger partial charge in [-0.15, -0.1) is 0 Å². The molecule has 2 aliphatic rings. The first-order valence-corrected chi connectivity index (χ1v) is 6.23. The Bertz CT molecular complexity index is 335. The van der Waals surface area contributed by atoms with Crippen molar-refractivity contribution in [1.29, 1.82) is 0 Å². The molecule has 0 radical (unpaired) electrons. The van der Waals surface area contributed by atoms with Crippen LogP contribution >= 0.6 is 0 Å². The molecule has 5 nitrogen and oxygen atoms in total. The number of hydrogen-bond acceptors (Lipinski definition) is 3. The van der Waals surface area contributed by atoms with Gasteiger partial charge in [0.1, 0.15) is 0 Å². The summed E-state index contributed by atoms with van der Waals surface area (Å²) in [6.07, 6.45) is 1.89. The minimum absolute atomic E-state index is 0.108. The van der Waals surface area contributed by atoms with Crippen LogP contribution in [0.2, 0.25) is 0 Å². The molecule has 96 valence electrons. The molecule has 0 aromatic rings. The van der Waals surface area contributed by atoms with Gasteiger partial charge in [-0.2, -0.15) is 0 Å². The molecule has 2 rings (SSSR count). The van der Waals surface area contributed by atoms with E-state index < -0.39 is 5.54 Å². The lowest BCUT2D eigenvalue weighted by molar-refractivity contribution is -0.139. The average Bonchev–Trinajstić information content (AvgIpc) is 2.57. The summed E-state index contributed by atoms with van der Waals surface area (Å²) in [7, 11) is 0. The third-order valence-electron chi connectivity index (χ3n) is 3.45. The fourth-order valence-corrected chi connectivity index (χ4v) is 2.59. The minimum atomic E-state index is -0.459. The van der Waals surface area contributed by atoms with E-state index in [-0.39, 0.29) is 17.9 Å². The van der Waals surface area contributed by atoms with E-state index in [1.165, 1.54) is 0 Å². The Morgan fingerprint density at radius 1 is 1.47 bits per heavy atom. The summed E-state index contributed by atoms with van der Waals surface area (Å²) < 4.78 is 0. The molecule has 0 aromatic heterocycles. The first-order chi connectivity index (χ1) is 7.87. The molecule has 0 aromatic carbocycles. The summed E-state index contributed by atoms with van der Waals surface area (Å²) >= 11 is 0. The van der Waals surface area contributed by atoms with Gasteiger partial charge in [0.2, 0.25) is 11.8 Å². The molecule has 0 bridgehead atoms. The zero-order chi connectivity index (χ0) is 12.6. The molecule has 2 fully saturated rings. The molecule has 5 heteroatoms. The third-order valence-corrected chi connectivity index (χ3v) is 3.45. The maximum absolute atomic E-state index is 12.0. The van der Waals surface area contributed by atoms with E-state index in [2.05, 4.69) is 0 Å². The van der Waals surface area contributed by atoms with Gasteiger partial charge in [-0.1, -0.05) is 0 Å². The van der Waals surface area contributed by atoms with Crippen LogP contribution < -0.4 is 5.73 Å². The van der Waals surface area contributed by atoms with Crippen molar-refractivity contribution in [3.8, 4) is 0 Å². The first kappa shape index (κ1) is 12.4. The van der Waals surface area contributed by atoms with Gasteiger partial charge in [0.15, 0.2) is 0 Å². The fraction of sp³-hybridized carbons (Fsp3) is 0.833. The van der Waals surface area contributed by atoms with E-state index in [0.29, 0.717) is 32.5 Å². The SMILES string of the molecule is CC(C)(N)CC(=O)N1CCN2C(=O)CCC2C1. The van der Waals surface area contributed by atoms with Crippen molar-refractivity contribution in [2.24, 2.45) is 5.73 Å². The molecule has 0 aliphatic carbocycles. The van der Waals surface area contributed by atoms with Gasteiger partial charge in [-0.3, -0.25) is 9.59 Å². The van der Waals surface area contributed by atoms with Crippen LogP contribution in [-0.2, 0) is 9.59 Å². The Hall–Kier alpha value is -1.10. The topological polar surface area (TPSA) is 66.6 Å². The number of piperazine rings is 1. The molecule has 2 saturated heterocycles. The largest absolute Gasteiger partial charge is 0.339 e. The van der Waals surface area contributed by atoms with Crippen LogP contribution in [0.1, 0.15) is 33.1 Å². The molecular weight excluding hydrogens is 218 g/mol. The van der Waals surface area contributed by atoms with Gasteiger partial charge in [0.25, 0.3) is 0 Å². The molecule has 17 heavy (non-hydrogen) atoms. The van der Waals surface area contributed by atoms with Crippen molar-refractivity contribution >= 4 is 11.8 Å². The van der Waals surface area contributed by atoms with Crippen LogP contribution in [0.25, 0.3) is 0 Å². The highest BCUT2D eigenvalue weighted by atomic mass is 16.2. The zero-order valence-electron chi connectivity index (χ0n) is 10.6. The molecule has 2 amide bonds. The number of nitrogens with two attached hydrogens (primary N) is 1. The monoisotopic (exact) mass is 239 g/mol. The fourth-order valence-electron chi connectivity index (χ4n) is 2.59. The lowest BCUT2D eigenvalue weighted by Gasteiger charge is -2.38. The van der Waals surface area contributed by atoms with Gasteiger partial charge in [0, 0.05) is 44.1 Å². The Morgan fingerprint density at radius 3 is 2.82 bits per heavy atom. The van der Waals surface area contributed by atoms with Crippen LogP contribution in [0, 0.1) is 0 Å². The molecule has 2 N–H and O–H groups in total. The first-order valence-electron chi connectivity index (χ1n) is 6.23. The highest BCUT2D eigenvalue weighted by Gasteiger charge is 2.37. The quantitative estimate of drug-likeness (QED) is 0.734. The summed E-state index contributed by atoms with van der Waals surface area (Å²) in [6, 6.07) is 0.237. The van der Waals surface area contributed by atoms with E-state index in [0.717, 1.165) is 6.42 Å². The van der Waals surface area contributed by atoms with E-state index in [9.17, 15) is 9.59 Å². The van der Waals surface area contributed by atoms with Crippen LogP contribution in [0.15, 0.2) is 0 Å². The Kier molecular flexibility index (Phi) is 3.12. The summed E-state index contributed by atoms with van der Waals surface area (Å²) in [5, 5.41) is 0. The molecule has 1 atom stereocenters. The summed E-state index contributed by atoms with van der Waals surface area (Å²) in [6.45, 7) is 5.73. The van der Waals surface area contributed by atoms with Crippen molar-refractivity contribution in [2.45, 2.75) is 44.7 Å². The lowest BCUT2D eigenvalue weighted by atomic mass is 10.0. The smallest absolute Gasteiger partial charge is 0.224 e. The van der Waals surface area contributed by atoms with Crippen molar-refractivity contribution in [3.63, 3.8) is 0 Å².